The lowest BCUT2D eigenvalue weighted by Crippen LogP contribution is -2.20. The minimum Gasteiger partial charge on any atom is -0.482 e. The molecule has 0 unspecified atom stereocenters. The van der Waals surface area contributed by atoms with Gasteiger partial charge in [0.05, 0.1) is 0 Å². The normalized spacial score (nSPS) is 10.4. The summed E-state index contributed by atoms with van der Waals surface area (Å²) in [5.41, 5.74) is 1.73. The zero-order valence-electron chi connectivity index (χ0n) is 12.3. The van der Waals surface area contributed by atoms with Crippen molar-refractivity contribution in [2.24, 2.45) is 0 Å². The molecule has 0 aliphatic rings. The second kappa shape index (κ2) is 8.33. The summed E-state index contributed by atoms with van der Waals surface area (Å²) >= 11 is 0. The maximum Gasteiger partial charge on any atom is 0.341 e. The van der Waals surface area contributed by atoms with Crippen molar-refractivity contribution >= 4 is 18.0 Å². The van der Waals surface area contributed by atoms with E-state index < -0.39 is 5.97 Å². The summed E-state index contributed by atoms with van der Waals surface area (Å²) in [6.07, 6.45) is 6.47. The third kappa shape index (κ3) is 6.01. The average molecular weight is 312 g/mol. The molecule has 0 spiro atoms. The molecule has 0 aliphatic heterocycles. The van der Waals surface area contributed by atoms with Gasteiger partial charge in [0.15, 0.2) is 6.61 Å². The summed E-state index contributed by atoms with van der Waals surface area (Å²) in [6, 6.07) is 10.5. The molecule has 118 valence electrons. The molecule has 0 saturated carbocycles. The standard InChI is InChI=1S/C17H16N2O4/c20-16(19-11-14-2-1-9-18-10-14)8-5-13-3-6-15(7-4-13)23-12-17(21)22/h1-10H,11-12H2,(H,19,20)(H,21,22)/b8-5+. The molecule has 0 atom stereocenters. The molecule has 0 aliphatic carbocycles. The van der Waals surface area contributed by atoms with Gasteiger partial charge >= 0.3 is 5.97 Å². The first kappa shape index (κ1) is 16.2. The molecule has 0 bridgehead atoms. The van der Waals surface area contributed by atoms with Crippen LogP contribution < -0.4 is 10.1 Å². The number of carbonyl (C=O) groups is 2. The third-order valence-electron chi connectivity index (χ3n) is 2.86. The molecule has 0 saturated heterocycles. The van der Waals surface area contributed by atoms with E-state index in [0.29, 0.717) is 12.3 Å². The van der Waals surface area contributed by atoms with Crippen LogP contribution in [0.3, 0.4) is 0 Å². The lowest BCUT2D eigenvalue weighted by Gasteiger charge is -2.03. The van der Waals surface area contributed by atoms with E-state index in [9.17, 15) is 9.59 Å². The quantitative estimate of drug-likeness (QED) is 0.762. The summed E-state index contributed by atoms with van der Waals surface area (Å²) in [5, 5.41) is 11.3. The Bertz CT molecular complexity index is 681. The van der Waals surface area contributed by atoms with Crippen molar-refractivity contribution in [2.75, 3.05) is 6.61 Å². The topological polar surface area (TPSA) is 88.5 Å². The number of ether oxygens (including phenoxy) is 1. The number of hydrogen-bond donors (Lipinski definition) is 2. The Morgan fingerprint density at radius 1 is 1.22 bits per heavy atom. The minimum atomic E-state index is -1.03. The Balaban J connectivity index is 1.82. The van der Waals surface area contributed by atoms with Gasteiger partial charge in [0.1, 0.15) is 5.75 Å². The van der Waals surface area contributed by atoms with E-state index in [1.165, 1.54) is 6.08 Å². The van der Waals surface area contributed by atoms with E-state index in [0.717, 1.165) is 11.1 Å². The fraction of sp³-hybridized carbons (Fsp3) is 0.118. The van der Waals surface area contributed by atoms with Gasteiger partial charge in [-0.05, 0) is 35.4 Å². The number of benzene rings is 1. The maximum atomic E-state index is 11.7. The highest BCUT2D eigenvalue weighted by Crippen LogP contribution is 2.13. The number of pyridine rings is 1. The van der Waals surface area contributed by atoms with Crippen LogP contribution in [0.2, 0.25) is 0 Å². The van der Waals surface area contributed by atoms with E-state index in [4.69, 9.17) is 9.84 Å². The van der Waals surface area contributed by atoms with Crippen LogP contribution in [0, 0.1) is 0 Å². The van der Waals surface area contributed by atoms with Crippen LogP contribution in [0.1, 0.15) is 11.1 Å². The number of carboxylic acids is 1. The van der Waals surface area contributed by atoms with E-state index in [1.54, 1.807) is 42.7 Å². The predicted molar refractivity (Wildman–Crippen MR) is 84.7 cm³/mol. The van der Waals surface area contributed by atoms with Crippen molar-refractivity contribution in [2.45, 2.75) is 6.54 Å². The van der Waals surface area contributed by atoms with Crippen LogP contribution >= 0.6 is 0 Å². The van der Waals surface area contributed by atoms with Gasteiger partial charge in [-0.1, -0.05) is 18.2 Å². The average Bonchev–Trinajstić information content (AvgIpc) is 2.58. The Morgan fingerprint density at radius 2 is 2.00 bits per heavy atom. The number of nitrogens with one attached hydrogen (secondary N) is 1. The highest BCUT2D eigenvalue weighted by molar-refractivity contribution is 5.91. The Labute approximate surface area is 133 Å². The first-order valence-electron chi connectivity index (χ1n) is 6.93. The molecule has 6 nitrogen and oxygen atoms in total. The second-order valence-corrected chi connectivity index (χ2v) is 4.66. The molecule has 0 fully saturated rings. The Kier molecular flexibility index (Phi) is 5.88. The van der Waals surface area contributed by atoms with Gasteiger partial charge < -0.3 is 15.2 Å². The first-order valence-corrected chi connectivity index (χ1v) is 6.93. The molecule has 0 radical (unpaired) electrons. The van der Waals surface area contributed by atoms with Crippen molar-refractivity contribution in [3.05, 3.63) is 66.0 Å². The van der Waals surface area contributed by atoms with Crippen LogP contribution in [0.4, 0.5) is 0 Å². The summed E-state index contributed by atoms with van der Waals surface area (Å²) in [4.78, 5) is 26.1. The number of carboxylic acid groups (broad SMARTS) is 1. The van der Waals surface area contributed by atoms with Crippen molar-refractivity contribution < 1.29 is 19.4 Å². The third-order valence-corrected chi connectivity index (χ3v) is 2.86. The van der Waals surface area contributed by atoms with Crippen LogP contribution in [0.5, 0.6) is 5.75 Å². The fourth-order valence-electron chi connectivity index (χ4n) is 1.74. The van der Waals surface area contributed by atoms with E-state index >= 15 is 0 Å². The molecule has 6 heteroatoms. The molecule has 1 heterocycles. The molecule has 1 aromatic heterocycles. The molecule has 23 heavy (non-hydrogen) atoms. The first-order chi connectivity index (χ1) is 11.1. The number of amides is 1. The second-order valence-electron chi connectivity index (χ2n) is 4.66. The largest absolute Gasteiger partial charge is 0.482 e. The monoisotopic (exact) mass is 312 g/mol. The zero-order valence-corrected chi connectivity index (χ0v) is 12.3. The fourth-order valence-corrected chi connectivity index (χ4v) is 1.74. The van der Waals surface area contributed by atoms with Crippen molar-refractivity contribution in [3.63, 3.8) is 0 Å². The molecule has 2 N–H and O–H groups in total. The van der Waals surface area contributed by atoms with Gasteiger partial charge in [0.25, 0.3) is 0 Å². The Morgan fingerprint density at radius 3 is 2.65 bits per heavy atom. The van der Waals surface area contributed by atoms with Crippen LogP contribution in [0.25, 0.3) is 6.08 Å². The summed E-state index contributed by atoms with van der Waals surface area (Å²) in [6.45, 7) is 0.0327. The zero-order chi connectivity index (χ0) is 16.5. The van der Waals surface area contributed by atoms with Crippen LogP contribution in [0.15, 0.2) is 54.9 Å². The molecular weight excluding hydrogens is 296 g/mol. The van der Waals surface area contributed by atoms with Crippen molar-refractivity contribution in [3.8, 4) is 5.75 Å². The molecule has 2 rings (SSSR count). The predicted octanol–water partition coefficient (Wildman–Crippen LogP) is 1.87. The lowest BCUT2D eigenvalue weighted by molar-refractivity contribution is -0.139. The Hall–Kier alpha value is -3.15. The van der Waals surface area contributed by atoms with E-state index in [2.05, 4.69) is 10.3 Å². The number of nitrogens with zero attached hydrogens (tertiary/aromatic N) is 1. The van der Waals surface area contributed by atoms with Crippen molar-refractivity contribution in [1.82, 2.24) is 10.3 Å². The van der Waals surface area contributed by atoms with Crippen LogP contribution in [-0.4, -0.2) is 28.6 Å². The number of aromatic nitrogens is 1. The van der Waals surface area contributed by atoms with Crippen LogP contribution in [-0.2, 0) is 16.1 Å². The van der Waals surface area contributed by atoms with Gasteiger partial charge in [0, 0.05) is 25.0 Å². The molecule has 1 amide bonds. The van der Waals surface area contributed by atoms with Gasteiger partial charge in [-0.3, -0.25) is 9.78 Å². The number of rotatable bonds is 7. The highest BCUT2D eigenvalue weighted by Gasteiger charge is 1.99. The molecule has 1 aromatic carbocycles. The maximum absolute atomic E-state index is 11.7. The van der Waals surface area contributed by atoms with Gasteiger partial charge in [-0.25, -0.2) is 4.79 Å². The number of hydrogen-bond acceptors (Lipinski definition) is 4. The van der Waals surface area contributed by atoms with E-state index in [1.807, 2.05) is 12.1 Å². The van der Waals surface area contributed by atoms with Gasteiger partial charge in [0.2, 0.25) is 5.91 Å². The highest BCUT2D eigenvalue weighted by atomic mass is 16.5. The SMILES string of the molecule is O=C(O)COc1ccc(/C=C/C(=O)NCc2cccnc2)cc1. The smallest absolute Gasteiger partial charge is 0.341 e. The lowest BCUT2D eigenvalue weighted by atomic mass is 10.2. The number of carbonyl (C=O) groups excluding carboxylic acids is 1. The summed E-state index contributed by atoms with van der Waals surface area (Å²) in [7, 11) is 0. The van der Waals surface area contributed by atoms with Crippen molar-refractivity contribution in [1.29, 1.82) is 0 Å². The number of aliphatic carboxylic acids is 1. The van der Waals surface area contributed by atoms with Gasteiger partial charge in [-0.2, -0.15) is 0 Å². The van der Waals surface area contributed by atoms with E-state index in [-0.39, 0.29) is 12.5 Å². The summed E-state index contributed by atoms with van der Waals surface area (Å²) < 4.78 is 5.03. The minimum absolute atomic E-state index is 0.208. The van der Waals surface area contributed by atoms with Gasteiger partial charge in [-0.15, -0.1) is 0 Å². The summed E-state index contributed by atoms with van der Waals surface area (Å²) in [5.74, 6) is -0.773. The molecule has 2 aromatic rings. The molecular formula is C17H16N2O4.